The molecule has 2 rings (SSSR count). The first-order chi connectivity index (χ1) is 8.42. The summed E-state index contributed by atoms with van der Waals surface area (Å²) in [5.74, 6) is -0.587. The molecule has 0 aromatic heterocycles. The molecule has 18 heavy (non-hydrogen) atoms. The van der Waals surface area contributed by atoms with Crippen molar-refractivity contribution in [3.63, 3.8) is 0 Å². The van der Waals surface area contributed by atoms with Crippen LogP contribution >= 0.6 is 0 Å². The molecule has 1 nitrogen and oxygen atoms in total. The lowest BCUT2D eigenvalue weighted by Crippen LogP contribution is -2.52. The fraction of sp³-hybridized carbons (Fsp3) is 0.600. The Bertz CT molecular complexity index is 433. The van der Waals surface area contributed by atoms with Crippen LogP contribution in [0.3, 0.4) is 0 Å². The third-order valence-electron chi connectivity index (χ3n) is 4.58. The van der Waals surface area contributed by atoms with Gasteiger partial charge in [-0.1, -0.05) is 32.8 Å². The molecule has 1 aromatic rings. The summed E-state index contributed by atoms with van der Waals surface area (Å²) in [6.45, 7) is 4.39. The second kappa shape index (κ2) is 4.96. The maximum atomic E-state index is 13.2. The van der Waals surface area contributed by atoms with E-state index in [0.717, 1.165) is 18.4 Å². The lowest BCUT2D eigenvalue weighted by Gasteiger charge is -2.43. The van der Waals surface area contributed by atoms with Crippen LogP contribution in [0.2, 0.25) is 0 Å². The summed E-state index contributed by atoms with van der Waals surface area (Å²) in [6.07, 6.45) is 3.90. The highest BCUT2D eigenvalue weighted by Crippen LogP contribution is 2.38. The maximum Gasteiger partial charge on any atom is 0.159 e. The van der Waals surface area contributed by atoms with Crippen LogP contribution in [-0.4, -0.2) is 5.54 Å². The van der Waals surface area contributed by atoms with E-state index < -0.39 is 11.6 Å². The van der Waals surface area contributed by atoms with Crippen LogP contribution in [0.25, 0.3) is 0 Å². The predicted molar refractivity (Wildman–Crippen MR) is 69.2 cm³/mol. The number of hydrogen-bond donors (Lipinski definition) is 1. The molecule has 0 saturated heterocycles. The fourth-order valence-corrected chi connectivity index (χ4v) is 3.08. The topological polar surface area (TPSA) is 26.0 Å². The summed E-state index contributed by atoms with van der Waals surface area (Å²) < 4.78 is 26.1. The average Bonchev–Trinajstić information content (AvgIpc) is 2.31. The molecule has 0 heterocycles. The molecular formula is C15H21F2N. The van der Waals surface area contributed by atoms with Crippen molar-refractivity contribution in [2.75, 3.05) is 0 Å². The van der Waals surface area contributed by atoms with E-state index in [2.05, 4.69) is 13.8 Å². The summed E-state index contributed by atoms with van der Waals surface area (Å²) in [5, 5.41) is 0. The van der Waals surface area contributed by atoms with E-state index >= 15 is 0 Å². The molecule has 1 aliphatic rings. The molecule has 100 valence electrons. The van der Waals surface area contributed by atoms with Gasteiger partial charge in [0.25, 0.3) is 0 Å². The molecule has 1 fully saturated rings. The van der Waals surface area contributed by atoms with E-state index in [1.165, 1.54) is 18.6 Å². The van der Waals surface area contributed by atoms with Gasteiger partial charge >= 0.3 is 0 Å². The average molecular weight is 253 g/mol. The molecule has 3 atom stereocenters. The third kappa shape index (κ3) is 2.56. The van der Waals surface area contributed by atoms with Crippen LogP contribution in [0.15, 0.2) is 18.2 Å². The smallest absolute Gasteiger partial charge is 0.159 e. The summed E-state index contributed by atoms with van der Waals surface area (Å²) in [6, 6.07) is 4.10. The number of benzene rings is 1. The van der Waals surface area contributed by atoms with E-state index in [4.69, 9.17) is 5.73 Å². The van der Waals surface area contributed by atoms with Crippen molar-refractivity contribution < 1.29 is 8.78 Å². The third-order valence-corrected chi connectivity index (χ3v) is 4.58. The van der Waals surface area contributed by atoms with Crippen molar-refractivity contribution in [2.45, 2.75) is 45.1 Å². The second-order valence-electron chi connectivity index (χ2n) is 5.82. The monoisotopic (exact) mass is 253 g/mol. The lowest BCUT2D eigenvalue weighted by atomic mass is 9.66. The highest BCUT2D eigenvalue weighted by atomic mass is 19.2. The zero-order valence-electron chi connectivity index (χ0n) is 11.0. The summed E-state index contributed by atoms with van der Waals surface area (Å²) in [5.41, 5.74) is 7.00. The minimum atomic E-state index is -0.796. The molecule has 0 aliphatic heterocycles. The van der Waals surface area contributed by atoms with Crippen molar-refractivity contribution in [1.82, 2.24) is 0 Å². The Morgan fingerprint density at radius 3 is 2.67 bits per heavy atom. The van der Waals surface area contributed by atoms with Gasteiger partial charge < -0.3 is 5.73 Å². The molecule has 0 radical (unpaired) electrons. The van der Waals surface area contributed by atoms with Crippen LogP contribution in [-0.2, 0) is 6.42 Å². The van der Waals surface area contributed by atoms with Crippen molar-refractivity contribution in [2.24, 2.45) is 17.6 Å². The van der Waals surface area contributed by atoms with Crippen molar-refractivity contribution >= 4 is 0 Å². The molecule has 1 saturated carbocycles. The summed E-state index contributed by atoms with van der Waals surface area (Å²) >= 11 is 0. The molecule has 3 unspecified atom stereocenters. The quantitative estimate of drug-likeness (QED) is 0.855. The van der Waals surface area contributed by atoms with Gasteiger partial charge in [0, 0.05) is 5.54 Å². The fourth-order valence-electron chi connectivity index (χ4n) is 3.08. The number of hydrogen-bond acceptors (Lipinski definition) is 1. The molecule has 1 aliphatic carbocycles. The Labute approximate surface area is 107 Å². The molecule has 0 amide bonds. The first kappa shape index (κ1) is 13.5. The van der Waals surface area contributed by atoms with Crippen LogP contribution < -0.4 is 5.73 Å². The van der Waals surface area contributed by atoms with Gasteiger partial charge in [-0.15, -0.1) is 0 Å². The number of rotatable bonds is 2. The second-order valence-corrected chi connectivity index (χ2v) is 5.82. The van der Waals surface area contributed by atoms with Gasteiger partial charge in [-0.25, -0.2) is 8.78 Å². The Balaban J connectivity index is 2.18. The van der Waals surface area contributed by atoms with E-state index in [0.29, 0.717) is 18.3 Å². The minimum Gasteiger partial charge on any atom is -0.325 e. The van der Waals surface area contributed by atoms with Gasteiger partial charge in [0.2, 0.25) is 0 Å². The largest absolute Gasteiger partial charge is 0.325 e. The Morgan fingerprint density at radius 2 is 2.00 bits per heavy atom. The first-order valence-corrected chi connectivity index (χ1v) is 6.65. The van der Waals surface area contributed by atoms with Crippen LogP contribution in [0.1, 0.15) is 38.7 Å². The van der Waals surface area contributed by atoms with E-state index in [-0.39, 0.29) is 5.54 Å². The SMILES string of the molecule is CC1CCCC(N)(Cc2ccc(F)c(F)c2)C1C. The van der Waals surface area contributed by atoms with Crippen molar-refractivity contribution in [1.29, 1.82) is 0 Å². The van der Waals surface area contributed by atoms with E-state index in [1.807, 2.05) is 0 Å². The molecule has 1 aromatic carbocycles. The highest BCUT2D eigenvalue weighted by Gasteiger charge is 2.38. The number of nitrogens with two attached hydrogens (primary N) is 1. The predicted octanol–water partition coefficient (Wildman–Crippen LogP) is 3.66. The molecular weight excluding hydrogens is 232 g/mol. The first-order valence-electron chi connectivity index (χ1n) is 6.65. The lowest BCUT2D eigenvalue weighted by molar-refractivity contribution is 0.143. The normalized spacial score (nSPS) is 32.5. The summed E-state index contributed by atoms with van der Waals surface area (Å²) in [7, 11) is 0. The highest BCUT2D eigenvalue weighted by molar-refractivity contribution is 5.21. The van der Waals surface area contributed by atoms with Crippen LogP contribution in [0, 0.1) is 23.5 Å². The van der Waals surface area contributed by atoms with E-state index in [1.54, 1.807) is 6.07 Å². The molecule has 2 N–H and O–H groups in total. The van der Waals surface area contributed by atoms with E-state index in [9.17, 15) is 8.78 Å². The Kier molecular flexibility index (Phi) is 3.71. The molecule has 0 bridgehead atoms. The maximum absolute atomic E-state index is 13.2. The van der Waals surface area contributed by atoms with Gasteiger partial charge in [0.05, 0.1) is 0 Å². The van der Waals surface area contributed by atoms with Gasteiger partial charge in [-0.3, -0.25) is 0 Å². The Morgan fingerprint density at radius 1 is 1.28 bits per heavy atom. The zero-order valence-corrected chi connectivity index (χ0v) is 11.0. The van der Waals surface area contributed by atoms with Gasteiger partial charge in [-0.2, -0.15) is 0 Å². The van der Waals surface area contributed by atoms with Gasteiger partial charge in [0.15, 0.2) is 11.6 Å². The van der Waals surface area contributed by atoms with Gasteiger partial charge in [0.1, 0.15) is 0 Å². The van der Waals surface area contributed by atoms with Crippen molar-refractivity contribution in [3.05, 3.63) is 35.4 Å². The minimum absolute atomic E-state index is 0.290. The van der Waals surface area contributed by atoms with Gasteiger partial charge in [-0.05, 0) is 42.4 Å². The number of halogens is 2. The standard InChI is InChI=1S/C15H21F2N/c1-10-4-3-7-15(18,11(10)2)9-12-5-6-13(16)14(17)8-12/h5-6,8,10-11H,3-4,7,9,18H2,1-2H3. The van der Waals surface area contributed by atoms with Crippen LogP contribution in [0.5, 0.6) is 0 Å². The summed E-state index contributed by atoms with van der Waals surface area (Å²) in [4.78, 5) is 0. The van der Waals surface area contributed by atoms with Crippen molar-refractivity contribution in [3.8, 4) is 0 Å². The molecule has 3 heteroatoms. The molecule has 0 spiro atoms. The Hall–Kier alpha value is -0.960. The van der Waals surface area contributed by atoms with Crippen LogP contribution in [0.4, 0.5) is 8.78 Å². The zero-order chi connectivity index (χ0) is 13.3.